The van der Waals surface area contributed by atoms with E-state index in [1.165, 1.54) is 0 Å². The third kappa shape index (κ3) is 4.24. The summed E-state index contributed by atoms with van der Waals surface area (Å²) >= 11 is 0. The number of benzene rings is 1. The molecule has 2 fully saturated rings. The number of hydrogen-bond donors (Lipinski definition) is 1. The van der Waals surface area contributed by atoms with Crippen LogP contribution in [0.1, 0.15) is 40.0 Å². The number of rotatable bonds is 4. The first-order chi connectivity index (χ1) is 13.2. The molecular formula is C20H23N5O2. The van der Waals surface area contributed by atoms with Crippen molar-refractivity contribution < 1.29 is 9.59 Å². The van der Waals surface area contributed by atoms with Gasteiger partial charge in [-0.15, -0.1) is 5.10 Å². The van der Waals surface area contributed by atoms with Crippen molar-refractivity contribution in [2.75, 3.05) is 31.1 Å². The first-order valence-corrected chi connectivity index (χ1v) is 9.43. The quantitative estimate of drug-likeness (QED) is 0.893. The summed E-state index contributed by atoms with van der Waals surface area (Å²) in [5.74, 6) is 0.786. The highest BCUT2D eigenvalue weighted by Gasteiger charge is 2.24. The number of aromatic nitrogens is 2. The zero-order valence-corrected chi connectivity index (χ0v) is 15.2. The second-order valence-corrected chi connectivity index (χ2v) is 7.04. The van der Waals surface area contributed by atoms with Crippen LogP contribution in [0.2, 0.25) is 0 Å². The van der Waals surface area contributed by atoms with Crippen LogP contribution in [0.15, 0.2) is 42.6 Å². The molecule has 2 aliphatic rings. The van der Waals surface area contributed by atoms with E-state index in [1.54, 1.807) is 30.5 Å². The van der Waals surface area contributed by atoms with Gasteiger partial charge in [0.2, 0.25) is 0 Å². The van der Waals surface area contributed by atoms with E-state index in [0.717, 1.165) is 38.2 Å². The summed E-state index contributed by atoms with van der Waals surface area (Å²) in [4.78, 5) is 28.9. The van der Waals surface area contributed by atoms with Crippen molar-refractivity contribution in [3.8, 4) is 0 Å². The smallest absolute Gasteiger partial charge is 0.253 e. The van der Waals surface area contributed by atoms with E-state index < -0.39 is 0 Å². The topological polar surface area (TPSA) is 78.4 Å². The van der Waals surface area contributed by atoms with E-state index >= 15 is 0 Å². The number of nitrogens with zero attached hydrogens (tertiary/aromatic N) is 4. The molecule has 1 aliphatic carbocycles. The summed E-state index contributed by atoms with van der Waals surface area (Å²) in [5, 5.41) is 11.0. The molecule has 140 valence electrons. The summed E-state index contributed by atoms with van der Waals surface area (Å²) < 4.78 is 0. The Labute approximate surface area is 158 Å². The van der Waals surface area contributed by atoms with E-state index in [9.17, 15) is 9.59 Å². The standard InChI is InChI=1S/C20H23N5O2/c26-19(22-17-8-9-17)15-4-6-16(7-5-15)20(27)25-12-2-11-24(13-14-25)18-3-1-10-21-23-18/h1,3-7,10,17H,2,8-9,11-14H2,(H,22,26). The summed E-state index contributed by atoms with van der Waals surface area (Å²) in [6.45, 7) is 2.92. The second-order valence-electron chi connectivity index (χ2n) is 7.04. The van der Waals surface area contributed by atoms with E-state index in [-0.39, 0.29) is 11.8 Å². The van der Waals surface area contributed by atoms with E-state index in [0.29, 0.717) is 30.3 Å². The highest BCUT2D eigenvalue weighted by molar-refractivity contribution is 5.98. The number of nitrogens with one attached hydrogen (secondary N) is 1. The van der Waals surface area contributed by atoms with E-state index in [2.05, 4.69) is 20.4 Å². The predicted octanol–water partition coefficient (Wildman–Crippen LogP) is 1.72. The number of carbonyl (C=O) groups excluding carboxylic acids is 2. The molecule has 2 heterocycles. The minimum atomic E-state index is -0.0640. The molecule has 0 spiro atoms. The van der Waals surface area contributed by atoms with Gasteiger partial charge in [-0.2, -0.15) is 5.10 Å². The van der Waals surface area contributed by atoms with Gasteiger partial charge >= 0.3 is 0 Å². The molecule has 2 aromatic rings. The van der Waals surface area contributed by atoms with E-state index in [1.807, 2.05) is 17.0 Å². The summed E-state index contributed by atoms with van der Waals surface area (Å²) in [7, 11) is 0. The van der Waals surface area contributed by atoms with Gasteiger partial charge in [-0.05, 0) is 55.7 Å². The SMILES string of the molecule is O=C(NC1CC1)c1ccc(C(=O)N2CCCN(c3cccnn3)CC2)cc1. The molecule has 1 saturated carbocycles. The maximum absolute atomic E-state index is 12.8. The van der Waals surface area contributed by atoms with Crippen LogP contribution in [0.4, 0.5) is 5.82 Å². The second kappa shape index (κ2) is 7.73. The molecule has 7 nitrogen and oxygen atoms in total. The van der Waals surface area contributed by atoms with Crippen LogP contribution in [0.3, 0.4) is 0 Å². The van der Waals surface area contributed by atoms with Gasteiger partial charge in [0.05, 0.1) is 0 Å². The molecule has 1 aliphatic heterocycles. The van der Waals surface area contributed by atoms with Gasteiger partial charge in [0, 0.05) is 49.5 Å². The van der Waals surface area contributed by atoms with Crippen molar-refractivity contribution >= 4 is 17.6 Å². The third-order valence-corrected chi connectivity index (χ3v) is 4.97. The van der Waals surface area contributed by atoms with Gasteiger partial charge in [-0.1, -0.05) is 0 Å². The zero-order valence-electron chi connectivity index (χ0n) is 15.2. The average molecular weight is 365 g/mol. The highest BCUT2D eigenvalue weighted by Crippen LogP contribution is 2.19. The Morgan fingerprint density at radius 2 is 1.74 bits per heavy atom. The van der Waals surface area contributed by atoms with Crippen LogP contribution in [0.5, 0.6) is 0 Å². The van der Waals surface area contributed by atoms with Crippen molar-refractivity contribution in [3.63, 3.8) is 0 Å². The number of amides is 2. The first-order valence-electron chi connectivity index (χ1n) is 9.43. The molecule has 0 atom stereocenters. The Balaban J connectivity index is 1.38. The van der Waals surface area contributed by atoms with Crippen LogP contribution in [-0.2, 0) is 0 Å². The lowest BCUT2D eigenvalue weighted by Gasteiger charge is -2.22. The van der Waals surface area contributed by atoms with Gasteiger partial charge in [0.15, 0.2) is 5.82 Å². The molecule has 0 unspecified atom stereocenters. The molecule has 1 N–H and O–H groups in total. The van der Waals surface area contributed by atoms with Crippen LogP contribution in [0, 0.1) is 0 Å². The lowest BCUT2D eigenvalue weighted by Crippen LogP contribution is -2.35. The third-order valence-electron chi connectivity index (χ3n) is 4.97. The molecular weight excluding hydrogens is 342 g/mol. The fraction of sp³-hybridized carbons (Fsp3) is 0.400. The largest absolute Gasteiger partial charge is 0.353 e. The van der Waals surface area contributed by atoms with Crippen LogP contribution >= 0.6 is 0 Å². The van der Waals surface area contributed by atoms with Gasteiger partial charge < -0.3 is 15.1 Å². The van der Waals surface area contributed by atoms with Crippen molar-refractivity contribution in [2.24, 2.45) is 0 Å². The van der Waals surface area contributed by atoms with E-state index in [4.69, 9.17) is 0 Å². The van der Waals surface area contributed by atoms with Crippen molar-refractivity contribution in [1.82, 2.24) is 20.4 Å². The molecule has 1 aromatic carbocycles. The predicted molar refractivity (Wildman–Crippen MR) is 102 cm³/mol. The molecule has 7 heteroatoms. The van der Waals surface area contributed by atoms with Gasteiger partial charge in [-0.25, -0.2) is 0 Å². The molecule has 0 bridgehead atoms. The Kier molecular flexibility index (Phi) is 5.00. The number of carbonyl (C=O) groups is 2. The van der Waals surface area contributed by atoms with Gasteiger partial charge in [0.25, 0.3) is 11.8 Å². The first kappa shape index (κ1) is 17.5. The molecule has 1 aromatic heterocycles. The monoisotopic (exact) mass is 365 g/mol. The zero-order chi connectivity index (χ0) is 18.6. The lowest BCUT2D eigenvalue weighted by molar-refractivity contribution is 0.0766. The average Bonchev–Trinajstić information content (AvgIpc) is 3.55. The van der Waals surface area contributed by atoms with Crippen molar-refractivity contribution in [2.45, 2.75) is 25.3 Å². The minimum absolute atomic E-state index is 0.00477. The summed E-state index contributed by atoms with van der Waals surface area (Å²) in [6.07, 6.45) is 4.65. The van der Waals surface area contributed by atoms with Gasteiger partial charge in [-0.3, -0.25) is 9.59 Å². The minimum Gasteiger partial charge on any atom is -0.353 e. The molecule has 4 rings (SSSR count). The normalized spacial score (nSPS) is 17.3. The van der Waals surface area contributed by atoms with Crippen LogP contribution in [-0.4, -0.2) is 59.1 Å². The summed E-state index contributed by atoms with van der Waals surface area (Å²) in [6, 6.07) is 11.1. The van der Waals surface area contributed by atoms with Crippen molar-refractivity contribution in [3.05, 3.63) is 53.7 Å². The molecule has 2 amide bonds. The van der Waals surface area contributed by atoms with Crippen molar-refractivity contribution in [1.29, 1.82) is 0 Å². The molecule has 1 saturated heterocycles. The lowest BCUT2D eigenvalue weighted by atomic mass is 10.1. The number of hydrogen-bond acceptors (Lipinski definition) is 5. The molecule has 27 heavy (non-hydrogen) atoms. The Bertz CT molecular complexity index is 805. The van der Waals surface area contributed by atoms with Crippen LogP contribution < -0.4 is 10.2 Å². The summed E-state index contributed by atoms with van der Waals surface area (Å²) in [5.41, 5.74) is 1.22. The Hall–Kier alpha value is -2.96. The maximum Gasteiger partial charge on any atom is 0.253 e. The van der Waals surface area contributed by atoms with Gasteiger partial charge in [0.1, 0.15) is 0 Å². The number of anilines is 1. The highest BCUT2D eigenvalue weighted by atomic mass is 16.2. The Morgan fingerprint density at radius 3 is 2.44 bits per heavy atom. The fourth-order valence-corrected chi connectivity index (χ4v) is 3.25. The maximum atomic E-state index is 12.8. The van der Waals surface area contributed by atoms with Crippen LogP contribution in [0.25, 0.3) is 0 Å². The Morgan fingerprint density at radius 1 is 0.963 bits per heavy atom. The molecule has 0 radical (unpaired) electrons. The fourth-order valence-electron chi connectivity index (χ4n) is 3.25.